The zero-order valence-electron chi connectivity index (χ0n) is 10.2. The summed E-state index contributed by atoms with van der Waals surface area (Å²) in [4.78, 5) is 0. The molecule has 2 aromatic rings. The highest BCUT2D eigenvalue weighted by Crippen LogP contribution is 2.28. The average Bonchev–Trinajstić information content (AvgIpc) is 2.45. The van der Waals surface area contributed by atoms with Crippen LogP contribution in [0.1, 0.15) is 22.3 Å². The van der Waals surface area contributed by atoms with Crippen molar-refractivity contribution in [2.45, 2.75) is 6.18 Å². The predicted molar refractivity (Wildman–Crippen MR) is 68.6 cm³/mol. The third kappa shape index (κ3) is 3.18. The normalized spacial score (nSPS) is 10.3. The van der Waals surface area contributed by atoms with Gasteiger partial charge in [-0.2, -0.15) is 18.4 Å². The van der Waals surface area contributed by atoms with Gasteiger partial charge in [0, 0.05) is 11.1 Å². The molecule has 0 aliphatic rings. The summed E-state index contributed by atoms with van der Waals surface area (Å²) < 4.78 is 37.2. The smallest absolute Gasteiger partial charge is 0.192 e. The molecule has 0 spiro atoms. The lowest BCUT2D eigenvalue weighted by molar-refractivity contribution is -0.137. The molecule has 20 heavy (non-hydrogen) atoms. The van der Waals surface area contributed by atoms with Crippen molar-refractivity contribution in [2.75, 3.05) is 0 Å². The van der Waals surface area contributed by atoms with Gasteiger partial charge in [0.25, 0.3) is 0 Å². The van der Waals surface area contributed by atoms with Crippen LogP contribution in [0.15, 0.2) is 48.5 Å². The minimum atomic E-state index is -4.35. The van der Waals surface area contributed by atoms with E-state index in [-0.39, 0.29) is 0 Å². The van der Waals surface area contributed by atoms with E-state index in [0.29, 0.717) is 16.7 Å². The Morgan fingerprint density at radius 2 is 1.40 bits per heavy atom. The third-order valence-electron chi connectivity index (χ3n) is 2.60. The first-order chi connectivity index (χ1) is 9.50. The van der Waals surface area contributed by atoms with E-state index in [4.69, 9.17) is 5.26 Å². The predicted octanol–water partition coefficient (Wildman–Crippen LogP) is 3.98. The summed E-state index contributed by atoms with van der Waals surface area (Å²) >= 11 is 0. The maximum Gasteiger partial charge on any atom is 0.416 e. The van der Waals surface area contributed by atoms with E-state index in [0.717, 1.165) is 12.1 Å². The Bertz CT molecular complexity index is 710. The molecule has 0 saturated heterocycles. The minimum Gasteiger partial charge on any atom is -0.192 e. The fourth-order valence-corrected chi connectivity index (χ4v) is 1.57. The van der Waals surface area contributed by atoms with Gasteiger partial charge in [0.1, 0.15) is 6.07 Å². The Hall–Kier alpha value is -2.72. The van der Waals surface area contributed by atoms with Gasteiger partial charge in [-0.25, -0.2) is 0 Å². The monoisotopic (exact) mass is 271 g/mol. The Morgan fingerprint density at radius 3 is 1.95 bits per heavy atom. The summed E-state index contributed by atoms with van der Waals surface area (Å²) in [6.45, 7) is 0. The van der Waals surface area contributed by atoms with Crippen LogP contribution in [0.5, 0.6) is 0 Å². The number of halogens is 3. The van der Waals surface area contributed by atoms with Crippen LogP contribution in [-0.2, 0) is 6.18 Å². The molecular formula is C16H8F3N. The summed E-state index contributed by atoms with van der Waals surface area (Å²) in [6.07, 6.45) is -4.35. The molecule has 0 aliphatic heterocycles. The number of hydrogen-bond donors (Lipinski definition) is 0. The summed E-state index contributed by atoms with van der Waals surface area (Å²) in [5, 5.41) is 8.90. The van der Waals surface area contributed by atoms with Crippen LogP contribution in [0, 0.1) is 23.2 Å². The molecule has 0 saturated carbocycles. The van der Waals surface area contributed by atoms with Gasteiger partial charge >= 0.3 is 6.18 Å². The molecule has 0 aliphatic carbocycles. The average molecular weight is 271 g/mol. The topological polar surface area (TPSA) is 23.8 Å². The Labute approximate surface area is 114 Å². The molecule has 0 radical (unpaired) electrons. The van der Waals surface area contributed by atoms with Crippen molar-refractivity contribution in [3.05, 3.63) is 70.8 Å². The van der Waals surface area contributed by atoms with Crippen LogP contribution in [-0.4, -0.2) is 0 Å². The fourth-order valence-electron chi connectivity index (χ4n) is 1.57. The number of hydrogen-bond acceptors (Lipinski definition) is 1. The van der Waals surface area contributed by atoms with E-state index in [1.54, 1.807) is 24.3 Å². The third-order valence-corrected chi connectivity index (χ3v) is 2.60. The zero-order valence-corrected chi connectivity index (χ0v) is 10.2. The number of nitrogens with zero attached hydrogens (tertiary/aromatic N) is 1. The molecule has 0 N–H and O–H groups in total. The second-order valence-corrected chi connectivity index (χ2v) is 3.98. The molecule has 0 unspecified atom stereocenters. The molecule has 1 nitrogen and oxygen atoms in total. The van der Waals surface area contributed by atoms with Crippen molar-refractivity contribution in [1.82, 2.24) is 0 Å². The molecule has 0 heterocycles. The zero-order chi connectivity index (χ0) is 14.6. The summed E-state index contributed by atoms with van der Waals surface area (Å²) in [5.74, 6) is 5.53. The second-order valence-electron chi connectivity index (χ2n) is 3.98. The van der Waals surface area contributed by atoms with Crippen molar-refractivity contribution in [3.8, 4) is 17.9 Å². The molecule has 2 aromatic carbocycles. The van der Waals surface area contributed by atoms with Gasteiger partial charge in [-0.1, -0.05) is 24.0 Å². The molecule has 4 heteroatoms. The van der Waals surface area contributed by atoms with E-state index >= 15 is 0 Å². The van der Waals surface area contributed by atoms with Crippen molar-refractivity contribution >= 4 is 0 Å². The SMILES string of the molecule is N#Cc1ccccc1C#Cc1ccc(C(F)(F)F)cc1. The lowest BCUT2D eigenvalue weighted by Crippen LogP contribution is -2.04. The fraction of sp³-hybridized carbons (Fsp3) is 0.0625. The van der Waals surface area contributed by atoms with Gasteiger partial charge in [-0.05, 0) is 36.4 Å². The van der Waals surface area contributed by atoms with E-state index in [2.05, 4.69) is 11.8 Å². The van der Waals surface area contributed by atoms with Gasteiger partial charge in [-0.3, -0.25) is 0 Å². The summed E-state index contributed by atoms with van der Waals surface area (Å²) in [7, 11) is 0. The van der Waals surface area contributed by atoms with Crippen LogP contribution >= 0.6 is 0 Å². The highest BCUT2D eigenvalue weighted by atomic mass is 19.4. The van der Waals surface area contributed by atoms with Crippen molar-refractivity contribution in [1.29, 1.82) is 5.26 Å². The molecule has 98 valence electrons. The van der Waals surface area contributed by atoms with Crippen molar-refractivity contribution in [3.63, 3.8) is 0 Å². The van der Waals surface area contributed by atoms with Gasteiger partial charge in [0.15, 0.2) is 0 Å². The van der Waals surface area contributed by atoms with Crippen LogP contribution in [0.3, 0.4) is 0 Å². The number of alkyl halides is 3. The molecule has 0 fully saturated rings. The Kier molecular flexibility index (Phi) is 3.77. The first kappa shape index (κ1) is 13.7. The van der Waals surface area contributed by atoms with Crippen LogP contribution in [0.2, 0.25) is 0 Å². The maximum absolute atomic E-state index is 12.4. The van der Waals surface area contributed by atoms with Crippen molar-refractivity contribution < 1.29 is 13.2 Å². The number of benzene rings is 2. The highest BCUT2D eigenvalue weighted by Gasteiger charge is 2.29. The van der Waals surface area contributed by atoms with Gasteiger partial charge in [-0.15, -0.1) is 0 Å². The highest BCUT2D eigenvalue weighted by molar-refractivity contribution is 5.50. The van der Waals surface area contributed by atoms with Crippen molar-refractivity contribution in [2.24, 2.45) is 0 Å². The first-order valence-corrected chi connectivity index (χ1v) is 5.69. The standard InChI is InChI=1S/C16H8F3N/c17-16(18,19)15-9-6-12(7-10-15)5-8-13-3-1-2-4-14(13)11-20/h1-4,6-7,9-10H. The molecule has 0 bridgehead atoms. The summed E-state index contributed by atoms with van der Waals surface area (Å²) in [5.41, 5.74) is 0.744. The number of nitriles is 1. The van der Waals surface area contributed by atoms with Gasteiger partial charge < -0.3 is 0 Å². The number of rotatable bonds is 0. The first-order valence-electron chi connectivity index (χ1n) is 5.69. The van der Waals surface area contributed by atoms with Crippen LogP contribution in [0.4, 0.5) is 13.2 Å². The van der Waals surface area contributed by atoms with Gasteiger partial charge in [0.2, 0.25) is 0 Å². The maximum atomic E-state index is 12.4. The largest absolute Gasteiger partial charge is 0.416 e. The van der Waals surface area contributed by atoms with E-state index in [1.165, 1.54) is 12.1 Å². The van der Waals surface area contributed by atoms with E-state index in [9.17, 15) is 13.2 Å². The lowest BCUT2D eigenvalue weighted by Gasteiger charge is -2.05. The molecule has 2 rings (SSSR count). The van der Waals surface area contributed by atoms with Gasteiger partial charge in [0.05, 0.1) is 11.1 Å². The van der Waals surface area contributed by atoms with Crippen LogP contribution in [0.25, 0.3) is 0 Å². The summed E-state index contributed by atoms with van der Waals surface area (Å²) in [6, 6.07) is 13.4. The molecule has 0 aromatic heterocycles. The minimum absolute atomic E-state index is 0.437. The lowest BCUT2D eigenvalue weighted by atomic mass is 10.1. The second kappa shape index (κ2) is 5.50. The molecule has 0 amide bonds. The van der Waals surface area contributed by atoms with E-state index < -0.39 is 11.7 Å². The molecular weight excluding hydrogens is 263 g/mol. The van der Waals surface area contributed by atoms with E-state index in [1.807, 2.05) is 6.07 Å². The Balaban J connectivity index is 2.28. The quantitative estimate of drug-likeness (QED) is 0.665. The Morgan fingerprint density at radius 1 is 0.800 bits per heavy atom. The van der Waals surface area contributed by atoms with Crippen LogP contribution < -0.4 is 0 Å². The molecule has 0 atom stereocenters.